The SMILES string of the molecule is C=C1CN(c2cccc3ccccc23)CC(=O)N1C. The van der Waals surface area contributed by atoms with E-state index in [9.17, 15) is 4.79 Å². The van der Waals surface area contributed by atoms with Crippen molar-refractivity contribution in [2.75, 3.05) is 25.0 Å². The van der Waals surface area contributed by atoms with Gasteiger partial charge in [-0.05, 0) is 11.5 Å². The monoisotopic (exact) mass is 252 g/mol. The van der Waals surface area contributed by atoms with Crippen LogP contribution in [0.3, 0.4) is 0 Å². The van der Waals surface area contributed by atoms with E-state index in [0.717, 1.165) is 11.4 Å². The highest BCUT2D eigenvalue weighted by atomic mass is 16.2. The average Bonchev–Trinajstić information content (AvgIpc) is 2.43. The van der Waals surface area contributed by atoms with Crippen LogP contribution in [0.4, 0.5) is 5.69 Å². The van der Waals surface area contributed by atoms with Gasteiger partial charge >= 0.3 is 0 Å². The molecule has 0 radical (unpaired) electrons. The van der Waals surface area contributed by atoms with E-state index in [1.165, 1.54) is 10.8 Å². The Kier molecular flexibility index (Phi) is 2.75. The smallest absolute Gasteiger partial charge is 0.246 e. The predicted octanol–water partition coefficient (Wildman–Crippen LogP) is 2.63. The summed E-state index contributed by atoms with van der Waals surface area (Å²) in [5.74, 6) is 0.0872. The van der Waals surface area contributed by atoms with Crippen LogP contribution < -0.4 is 4.90 Å². The first-order valence-electron chi connectivity index (χ1n) is 6.34. The molecule has 0 atom stereocenters. The summed E-state index contributed by atoms with van der Waals surface area (Å²) in [4.78, 5) is 15.7. The Morgan fingerprint density at radius 3 is 2.58 bits per heavy atom. The van der Waals surface area contributed by atoms with Crippen LogP contribution in [0.2, 0.25) is 0 Å². The Balaban J connectivity index is 2.05. The van der Waals surface area contributed by atoms with Gasteiger partial charge < -0.3 is 9.80 Å². The molecular formula is C16H16N2O. The molecule has 2 aromatic carbocycles. The molecule has 96 valence electrons. The number of piperazine rings is 1. The third-order valence-electron chi connectivity index (χ3n) is 3.66. The molecule has 1 amide bonds. The van der Waals surface area contributed by atoms with Crippen molar-refractivity contribution >= 4 is 22.4 Å². The number of rotatable bonds is 1. The number of anilines is 1. The standard InChI is InChI=1S/C16H16N2O/c1-12-10-18(11-16(19)17(12)2)15-9-5-7-13-6-3-4-8-14(13)15/h3-9H,1,10-11H2,2H3. The Morgan fingerprint density at radius 2 is 1.79 bits per heavy atom. The largest absolute Gasteiger partial charge is 0.356 e. The first kappa shape index (κ1) is 11.8. The van der Waals surface area contributed by atoms with Crippen molar-refractivity contribution in [2.24, 2.45) is 0 Å². The van der Waals surface area contributed by atoms with E-state index in [2.05, 4.69) is 35.7 Å². The maximum Gasteiger partial charge on any atom is 0.246 e. The molecule has 1 saturated heterocycles. The van der Waals surface area contributed by atoms with Crippen molar-refractivity contribution in [2.45, 2.75) is 0 Å². The second-order valence-electron chi connectivity index (χ2n) is 4.87. The van der Waals surface area contributed by atoms with E-state index in [-0.39, 0.29) is 5.91 Å². The molecule has 0 unspecified atom stereocenters. The van der Waals surface area contributed by atoms with Crippen LogP contribution in [0.5, 0.6) is 0 Å². The van der Waals surface area contributed by atoms with E-state index in [4.69, 9.17) is 0 Å². The third kappa shape index (κ3) is 1.97. The lowest BCUT2D eigenvalue weighted by Gasteiger charge is -2.35. The minimum atomic E-state index is 0.0872. The van der Waals surface area contributed by atoms with Gasteiger partial charge in [0.1, 0.15) is 0 Å². The van der Waals surface area contributed by atoms with Gasteiger partial charge in [-0.1, -0.05) is 43.0 Å². The van der Waals surface area contributed by atoms with Gasteiger partial charge in [0.2, 0.25) is 5.91 Å². The fourth-order valence-electron chi connectivity index (χ4n) is 2.48. The summed E-state index contributed by atoms with van der Waals surface area (Å²) < 4.78 is 0. The molecule has 0 N–H and O–H groups in total. The lowest BCUT2D eigenvalue weighted by atomic mass is 10.1. The lowest BCUT2D eigenvalue weighted by Crippen LogP contribution is -2.46. The maximum absolute atomic E-state index is 11.9. The Hall–Kier alpha value is -2.29. The Morgan fingerprint density at radius 1 is 1.05 bits per heavy atom. The number of likely N-dealkylation sites (N-methyl/N-ethyl adjacent to an activating group) is 1. The summed E-state index contributed by atoms with van der Waals surface area (Å²) in [7, 11) is 1.78. The summed E-state index contributed by atoms with van der Waals surface area (Å²) in [5.41, 5.74) is 1.94. The van der Waals surface area contributed by atoms with E-state index < -0.39 is 0 Å². The van der Waals surface area contributed by atoms with Crippen LogP contribution in [0.15, 0.2) is 54.7 Å². The number of nitrogens with zero attached hydrogens (tertiary/aromatic N) is 2. The van der Waals surface area contributed by atoms with E-state index in [1.54, 1.807) is 11.9 Å². The zero-order chi connectivity index (χ0) is 13.4. The molecular weight excluding hydrogens is 236 g/mol. The summed E-state index contributed by atoms with van der Waals surface area (Å²) in [6.07, 6.45) is 0. The normalized spacial score (nSPS) is 16.3. The van der Waals surface area contributed by atoms with Crippen molar-refractivity contribution in [3.63, 3.8) is 0 Å². The van der Waals surface area contributed by atoms with E-state index >= 15 is 0 Å². The van der Waals surface area contributed by atoms with Crippen LogP contribution in [-0.2, 0) is 4.79 Å². The molecule has 1 fully saturated rings. The molecule has 2 aromatic rings. The van der Waals surface area contributed by atoms with Crippen molar-refractivity contribution < 1.29 is 4.79 Å². The number of carbonyl (C=O) groups is 1. The molecule has 3 heteroatoms. The van der Waals surface area contributed by atoms with Gasteiger partial charge in [-0.15, -0.1) is 0 Å². The summed E-state index contributed by atoms with van der Waals surface area (Å²) in [6, 6.07) is 14.4. The highest BCUT2D eigenvalue weighted by Crippen LogP contribution is 2.28. The highest BCUT2D eigenvalue weighted by Gasteiger charge is 2.24. The van der Waals surface area contributed by atoms with Gasteiger partial charge in [0.15, 0.2) is 0 Å². The number of carbonyl (C=O) groups excluding carboxylic acids is 1. The number of benzene rings is 2. The second-order valence-corrected chi connectivity index (χ2v) is 4.87. The van der Waals surface area contributed by atoms with Gasteiger partial charge in [0, 0.05) is 23.8 Å². The van der Waals surface area contributed by atoms with Crippen LogP contribution in [-0.4, -0.2) is 30.9 Å². The average molecular weight is 252 g/mol. The predicted molar refractivity (Wildman–Crippen MR) is 78.1 cm³/mol. The molecule has 3 rings (SSSR count). The lowest BCUT2D eigenvalue weighted by molar-refractivity contribution is -0.127. The Labute approximate surface area is 112 Å². The van der Waals surface area contributed by atoms with Crippen molar-refractivity contribution in [3.8, 4) is 0 Å². The summed E-state index contributed by atoms with van der Waals surface area (Å²) in [5, 5.41) is 2.37. The molecule has 0 bridgehead atoms. The first-order chi connectivity index (χ1) is 9.16. The van der Waals surface area contributed by atoms with Gasteiger partial charge in [0.05, 0.1) is 13.1 Å². The molecule has 3 nitrogen and oxygen atoms in total. The van der Waals surface area contributed by atoms with Gasteiger partial charge in [0.25, 0.3) is 0 Å². The highest BCUT2D eigenvalue weighted by molar-refractivity contribution is 5.96. The zero-order valence-corrected chi connectivity index (χ0v) is 11.0. The summed E-state index contributed by atoms with van der Waals surface area (Å²) >= 11 is 0. The first-order valence-corrected chi connectivity index (χ1v) is 6.34. The molecule has 1 aliphatic heterocycles. The fourth-order valence-corrected chi connectivity index (χ4v) is 2.48. The molecule has 0 aromatic heterocycles. The van der Waals surface area contributed by atoms with Crippen LogP contribution in [0.1, 0.15) is 0 Å². The maximum atomic E-state index is 11.9. The van der Waals surface area contributed by atoms with Gasteiger partial charge in [-0.2, -0.15) is 0 Å². The van der Waals surface area contributed by atoms with Crippen molar-refractivity contribution in [3.05, 3.63) is 54.7 Å². The fraction of sp³-hybridized carbons (Fsp3) is 0.188. The number of amides is 1. The molecule has 1 heterocycles. The second kappa shape index (κ2) is 4.43. The number of hydrogen-bond acceptors (Lipinski definition) is 2. The van der Waals surface area contributed by atoms with Crippen LogP contribution in [0.25, 0.3) is 10.8 Å². The molecule has 0 saturated carbocycles. The van der Waals surface area contributed by atoms with Crippen molar-refractivity contribution in [1.29, 1.82) is 0 Å². The molecule has 0 aliphatic carbocycles. The topological polar surface area (TPSA) is 23.6 Å². The number of hydrogen-bond donors (Lipinski definition) is 0. The van der Waals surface area contributed by atoms with Gasteiger partial charge in [-0.25, -0.2) is 0 Å². The zero-order valence-electron chi connectivity index (χ0n) is 11.0. The van der Waals surface area contributed by atoms with Crippen LogP contribution in [0, 0.1) is 0 Å². The van der Waals surface area contributed by atoms with Gasteiger partial charge in [-0.3, -0.25) is 4.79 Å². The van der Waals surface area contributed by atoms with E-state index in [0.29, 0.717) is 13.1 Å². The van der Waals surface area contributed by atoms with Crippen molar-refractivity contribution in [1.82, 2.24) is 4.90 Å². The number of fused-ring (bicyclic) bond motifs is 1. The molecule has 1 aliphatic rings. The van der Waals surface area contributed by atoms with Crippen LogP contribution >= 0.6 is 0 Å². The summed E-state index contributed by atoms with van der Waals surface area (Å²) in [6.45, 7) is 5.06. The molecule has 19 heavy (non-hydrogen) atoms. The third-order valence-corrected chi connectivity index (χ3v) is 3.66. The van der Waals surface area contributed by atoms with E-state index in [1.807, 2.05) is 18.2 Å². The quantitative estimate of drug-likeness (QED) is 0.779. The minimum absolute atomic E-state index is 0.0872. The molecule has 0 spiro atoms. The minimum Gasteiger partial charge on any atom is -0.356 e. The Bertz CT molecular complexity index is 639.